The van der Waals surface area contributed by atoms with Crippen molar-refractivity contribution in [2.75, 3.05) is 37.7 Å². The molecule has 1 fully saturated rings. The van der Waals surface area contributed by atoms with E-state index in [1.165, 1.54) is 6.07 Å². The Hall–Kier alpha value is -2.25. The lowest BCUT2D eigenvalue weighted by Gasteiger charge is -2.27. The molecule has 1 aromatic carbocycles. The summed E-state index contributed by atoms with van der Waals surface area (Å²) in [5.41, 5.74) is 8.93. The van der Waals surface area contributed by atoms with Crippen molar-refractivity contribution in [3.8, 4) is 17.0 Å². The number of rotatable bonds is 4. The number of anilines is 1. The predicted molar refractivity (Wildman–Crippen MR) is 97.0 cm³/mol. The largest absolute Gasteiger partial charge is 0.485 e. The summed E-state index contributed by atoms with van der Waals surface area (Å²) in [5, 5.41) is 0. The maximum Gasteiger partial charge on any atom is 0.226 e. The number of nitrogens with two attached hydrogens (primary N) is 1. The Morgan fingerprint density at radius 1 is 1.23 bits per heavy atom. The molecule has 3 heterocycles. The zero-order chi connectivity index (χ0) is 18.1. The summed E-state index contributed by atoms with van der Waals surface area (Å²) in [5.74, 6) is 0.639. The van der Waals surface area contributed by atoms with E-state index in [9.17, 15) is 4.39 Å². The van der Waals surface area contributed by atoms with E-state index in [0.717, 1.165) is 42.0 Å². The van der Waals surface area contributed by atoms with Crippen LogP contribution in [0.25, 0.3) is 11.3 Å². The second-order valence-electron chi connectivity index (χ2n) is 6.62. The lowest BCUT2D eigenvalue weighted by molar-refractivity contribution is 0.122. The fourth-order valence-electron chi connectivity index (χ4n) is 3.38. The fraction of sp³-hybridized carbons (Fsp3) is 0.474. The van der Waals surface area contributed by atoms with Crippen LogP contribution in [0.5, 0.6) is 5.75 Å². The Morgan fingerprint density at radius 2 is 2.04 bits per heavy atom. The van der Waals surface area contributed by atoms with Crippen molar-refractivity contribution < 1.29 is 13.9 Å². The van der Waals surface area contributed by atoms with Crippen molar-refractivity contribution in [3.05, 3.63) is 35.3 Å². The highest BCUT2D eigenvalue weighted by Crippen LogP contribution is 2.35. The van der Waals surface area contributed by atoms with Crippen LogP contribution in [-0.4, -0.2) is 48.9 Å². The molecule has 138 valence electrons. The lowest BCUT2D eigenvalue weighted by Crippen LogP contribution is -2.37. The van der Waals surface area contributed by atoms with Crippen LogP contribution in [0, 0.1) is 5.82 Å². The fourth-order valence-corrected chi connectivity index (χ4v) is 3.38. The van der Waals surface area contributed by atoms with Crippen molar-refractivity contribution >= 4 is 5.95 Å². The van der Waals surface area contributed by atoms with Gasteiger partial charge in [-0.1, -0.05) is 6.92 Å². The van der Waals surface area contributed by atoms with Gasteiger partial charge in [-0.2, -0.15) is 0 Å². The first-order chi connectivity index (χ1) is 12.7. The topological polar surface area (TPSA) is 73.5 Å². The molecular weight excluding hydrogens is 335 g/mol. The highest BCUT2D eigenvalue weighted by atomic mass is 19.1. The lowest BCUT2D eigenvalue weighted by atomic mass is 10.0. The molecule has 4 rings (SSSR count). The first-order valence-electron chi connectivity index (χ1n) is 9.08. The molecule has 2 N–H and O–H groups in total. The van der Waals surface area contributed by atoms with Crippen molar-refractivity contribution in [2.24, 2.45) is 5.73 Å². The van der Waals surface area contributed by atoms with E-state index in [0.29, 0.717) is 37.9 Å². The molecule has 2 aliphatic rings. The van der Waals surface area contributed by atoms with Crippen LogP contribution >= 0.6 is 0 Å². The minimum atomic E-state index is -0.363. The van der Waals surface area contributed by atoms with Gasteiger partial charge in [0.15, 0.2) is 11.6 Å². The van der Waals surface area contributed by atoms with Gasteiger partial charge >= 0.3 is 0 Å². The SMILES string of the molecule is CCc1cc(-c2cc(F)c3c(c2)CC(CN)O3)nc(N2CCOCC2)n1. The first kappa shape index (κ1) is 17.2. The molecule has 0 saturated carbocycles. The van der Waals surface area contributed by atoms with E-state index in [4.69, 9.17) is 20.2 Å². The average Bonchev–Trinajstić information content (AvgIpc) is 3.12. The molecule has 26 heavy (non-hydrogen) atoms. The molecule has 0 radical (unpaired) electrons. The summed E-state index contributed by atoms with van der Waals surface area (Å²) in [6, 6.07) is 5.38. The number of nitrogens with zero attached hydrogens (tertiary/aromatic N) is 3. The molecule has 0 aliphatic carbocycles. The molecule has 1 saturated heterocycles. The van der Waals surface area contributed by atoms with Crippen LogP contribution in [0.3, 0.4) is 0 Å². The molecule has 7 heteroatoms. The highest BCUT2D eigenvalue weighted by molar-refractivity contribution is 5.65. The number of fused-ring (bicyclic) bond motifs is 1. The third kappa shape index (κ3) is 3.24. The quantitative estimate of drug-likeness (QED) is 0.901. The number of aromatic nitrogens is 2. The number of benzene rings is 1. The Labute approximate surface area is 152 Å². The van der Waals surface area contributed by atoms with Crippen molar-refractivity contribution in [2.45, 2.75) is 25.9 Å². The summed E-state index contributed by atoms with van der Waals surface area (Å²) in [6.07, 6.45) is 1.26. The van der Waals surface area contributed by atoms with Gasteiger partial charge in [-0.15, -0.1) is 0 Å². The van der Waals surface area contributed by atoms with Crippen LogP contribution in [0.1, 0.15) is 18.2 Å². The molecule has 2 aromatic rings. The molecule has 1 unspecified atom stereocenters. The maximum atomic E-state index is 14.5. The van der Waals surface area contributed by atoms with Gasteiger partial charge in [0.1, 0.15) is 6.10 Å². The zero-order valence-electron chi connectivity index (χ0n) is 14.9. The molecule has 6 nitrogen and oxygen atoms in total. The Bertz CT molecular complexity index is 808. The molecule has 0 spiro atoms. The van der Waals surface area contributed by atoms with E-state index in [1.54, 1.807) is 0 Å². The summed E-state index contributed by atoms with van der Waals surface area (Å²) in [6.45, 7) is 5.28. The van der Waals surface area contributed by atoms with Crippen LogP contribution < -0.4 is 15.4 Å². The third-order valence-corrected chi connectivity index (χ3v) is 4.83. The van der Waals surface area contributed by atoms with Gasteiger partial charge < -0.3 is 20.1 Å². The Morgan fingerprint density at radius 3 is 2.77 bits per heavy atom. The first-order valence-corrected chi connectivity index (χ1v) is 9.08. The van der Waals surface area contributed by atoms with E-state index in [-0.39, 0.29) is 11.9 Å². The van der Waals surface area contributed by atoms with Crippen molar-refractivity contribution in [3.63, 3.8) is 0 Å². The van der Waals surface area contributed by atoms with Gasteiger partial charge in [-0.05, 0) is 24.6 Å². The van der Waals surface area contributed by atoms with Crippen LogP contribution in [0.2, 0.25) is 0 Å². The van der Waals surface area contributed by atoms with Gasteiger partial charge in [-0.3, -0.25) is 0 Å². The van der Waals surface area contributed by atoms with E-state index in [2.05, 4.69) is 16.8 Å². The van der Waals surface area contributed by atoms with Crippen LogP contribution in [0.15, 0.2) is 18.2 Å². The second-order valence-corrected chi connectivity index (χ2v) is 6.62. The normalized spacial score (nSPS) is 19.3. The van der Waals surface area contributed by atoms with Gasteiger partial charge in [0.2, 0.25) is 5.95 Å². The van der Waals surface area contributed by atoms with Gasteiger partial charge in [0.25, 0.3) is 0 Å². The minimum Gasteiger partial charge on any atom is -0.485 e. The second kappa shape index (κ2) is 7.17. The number of hydrogen-bond acceptors (Lipinski definition) is 6. The molecular formula is C19H23FN4O2. The minimum absolute atomic E-state index is 0.157. The monoisotopic (exact) mass is 358 g/mol. The van der Waals surface area contributed by atoms with Crippen LogP contribution in [0.4, 0.5) is 10.3 Å². The molecule has 2 aliphatic heterocycles. The van der Waals surface area contributed by atoms with E-state index >= 15 is 0 Å². The standard InChI is InChI=1S/C19H23FN4O2/c1-2-14-10-17(23-19(22-14)24-3-5-25-6-4-24)12-7-13-8-15(11-21)26-18(13)16(20)9-12/h7,9-10,15H,2-6,8,11,21H2,1H3. The summed E-state index contributed by atoms with van der Waals surface area (Å²) < 4.78 is 25.5. The maximum absolute atomic E-state index is 14.5. The number of aryl methyl sites for hydroxylation is 1. The van der Waals surface area contributed by atoms with Gasteiger partial charge in [0.05, 0.1) is 18.9 Å². The smallest absolute Gasteiger partial charge is 0.226 e. The number of hydrogen-bond donors (Lipinski definition) is 1. The average molecular weight is 358 g/mol. The van der Waals surface area contributed by atoms with Crippen molar-refractivity contribution in [1.82, 2.24) is 9.97 Å². The number of halogens is 1. The van der Waals surface area contributed by atoms with Gasteiger partial charge in [-0.25, -0.2) is 14.4 Å². The zero-order valence-corrected chi connectivity index (χ0v) is 14.9. The number of ether oxygens (including phenoxy) is 2. The Balaban J connectivity index is 1.72. The molecule has 0 bridgehead atoms. The predicted octanol–water partition coefficient (Wildman–Crippen LogP) is 1.94. The summed E-state index contributed by atoms with van der Waals surface area (Å²) in [7, 11) is 0. The summed E-state index contributed by atoms with van der Waals surface area (Å²) >= 11 is 0. The molecule has 1 atom stereocenters. The van der Waals surface area contributed by atoms with E-state index < -0.39 is 0 Å². The number of morpholine rings is 1. The molecule has 0 amide bonds. The summed E-state index contributed by atoms with van der Waals surface area (Å²) in [4.78, 5) is 11.5. The Kier molecular flexibility index (Phi) is 4.74. The van der Waals surface area contributed by atoms with Crippen molar-refractivity contribution in [1.29, 1.82) is 0 Å². The van der Waals surface area contributed by atoms with Gasteiger partial charge in [0, 0.05) is 42.9 Å². The third-order valence-electron chi connectivity index (χ3n) is 4.83. The highest BCUT2D eigenvalue weighted by Gasteiger charge is 2.26. The molecule has 1 aromatic heterocycles. The van der Waals surface area contributed by atoms with E-state index in [1.807, 2.05) is 12.1 Å². The van der Waals surface area contributed by atoms with Crippen LogP contribution in [-0.2, 0) is 17.6 Å².